The van der Waals surface area contributed by atoms with E-state index in [9.17, 15) is 19.1 Å². The zero-order chi connectivity index (χ0) is 18.0. The van der Waals surface area contributed by atoms with E-state index in [0.29, 0.717) is 25.1 Å². The summed E-state index contributed by atoms with van der Waals surface area (Å²) in [6, 6.07) is 6.30. The highest BCUT2D eigenvalue weighted by molar-refractivity contribution is 7.09. The summed E-state index contributed by atoms with van der Waals surface area (Å²) >= 11 is 1.35. The van der Waals surface area contributed by atoms with Crippen LogP contribution in [0.1, 0.15) is 34.4 Å². The van der Waals surface area contributed by atoms with Gasteiger partial charge in [-0.1, -0.05) is 19.1 Å². The van der Waals surface area contributed by atoms with E-state index < -0.39 is 11.9 Å². The van der Waals surface area contributed by atoms with Gasteiger partial charge in [-0.05, 0) is 30.0 Å². The summed E-state index contributed by atoms with van der Waals surface area (Å²) in [4.78, 5) is 29.8. The fraction of sp³-hybridized carbons (Fsp3) is 0.389. The Balaban J connectivity index is 1.71. The smallest absolute Gasteiger partial charge is 0.308 e. The predicted octanol–water partition coefficient (Wildman–Crippen LogP) is 3.06. The summed E-state index contributed by atoms with van der Waals surface area (Å²) < 4.78 is 13.3. The lowest BCUT2D eigenvalue weighted by Crippen LogP contribution is -2.45. The summed E-state index contributed by atoms with van der Waals surface area (Å²) in [7, 11) is 0. The van der Waals surface area contributed by atoms with E-state index in [0.717, 1.165) is 10.6 Å². The van der Waals surface area contributed by atoms with Crippen molar-refractivity contribution in [3.8, 4) is 0 Å². The SMILES string of the molecule is CC1CC(C(=O)O)CN(C(=O)c2csc(Cc3cccc(F)c3)n2)C1. The molecule has 1 aromatic heterocycles. The molecule has 3 rings (SSSR count). The highest BCUT2D eigenvalue weighted by Gasteiger charge is 2.32. The lowest BCUT2D eigenvalue weighted by Gasteiger charge is -2.34. The van der Waals surface area contributed by atoms with Gasteiger partial charge in [0, 0.05) is 24.9 Å². The van der Waals surface area contributed by atoms with E-state index in [2.05, 4.69) is 4.98 Å². The van der Waals surface area contributed by atoms with Gasteiger partial charge >= 0.3 is 5.97 Å². The average molecular weight is 362 g/mol. The molecule has 1 fully saturated rings. The number of likely N-dealkylation sites (tertiary alicyclic amines) is 1. The molecule has 25 heavy (non-hydrogen) atoms. The molecule has 2 aromatic rings. The highest BCUT2D eigenvalue weighted by Crippen LogP contribution is 2.24. The van der Waals surface area contributed by atoms with Crippen LogP contribution in [0.5, 0.6) is 0 Å². The summed E-state index contributed by atoms with van der Waals surface area (Å²) in [5, 5.41) is 11.7. The van der Waals surface area contributed by atoms with Crippen molar-refractivity contribution < 1.29 is 19.1 Å². The second kappa shape index (κ2) is 7.31. The molecule has 2 unspecified atom stereocenters. The first-order valence-corrected chi connectivity index (χ1v) is 9.01. The van der Waals surface area contributed by atoms with Crippen molar-refractivity contribution in [2.45, 2.75) is 19.8 Å². The number of thiazole rings is 1. The van der Waals surface area contributed by atoms with Crippen LogP contribution in [0.3, 0.4) is 0 Å². The first-order valence-electron chi connectivity index (χ1n) is 8.13. The van der Waals surface area contributed by atoms with E-state index in [4.69, 9.17) is 0 Å². The average Bonchev–Trinajstić information content (AvgIpc) is 3.02. The first kappa shape index (κ1) is 17.5. The number of piperidine rings is 1. The number of hydrogen-bond acceptors (Lipinski definition) is 4. The summed E-state index contributed by atoms with van der Waals surface area (Å²) in [6.07, 6.45) is 1.05. The van der Waals surface area contributed by atoms with Crippen LogP contribution in [0.2, 0.25) is 0 Å². The number of aromatic nitrogens is 1. The minimum absolute atomic E-state index is 0.143. The van der Waals surface area contributed by atoms with Crippen molar-refractivity contribution >= 4 is 23.2 Å². The number of nitrogens with zero attached hydrogens (tertiary/aromatic N) is 2. The standard InChI is InChI=1S/C18H19FN2O3S/c1-11-5-13(18(23)24)9-21(8-11)17(22)15-10-25-16(20-15)7-12-3-2-4-14(19)6-12/h2-4,6,10-11,13H,5,7-9H2,1H3,(H,23,24). The van der Waals surface area contributed by atoms with Crippen molar-refractivity contribution in [2.75, 3.05) is 13.1 Å². The molecule has 0 radical (unpaired) electrons. The molecule has 1 saturated heterocycles. The van der Waals surface area contributed by atoms with Gasteiger partial charge in [-0.15, -0.1) is 11.3 Å². The van der Waals surface area contributed by atoms with Gasteiger partial charge in [0.1, 0.15) is 11.5 Å². The third-order valence-corrected chi connectivity index (χ3v) is 5.16. The van der Waals surface area contributed by atoms with Gasteiger partial charge in [0.25, 0.3) is 5.91 Å². The first-order chi connectivity index (χ1) is 11.9. The van der Waals surface area contributed by atoms with Crippen molar-refractivity contribution in [1.29, 1.82) is 0 Å². The van der Waals surface area contributed by atoms with Gasteiger partial charge in [-0.2, -0.15) is 0 Å². The number of aliphatic carboxylic acids is 1. The molecule has 0 spiro atoms. The van der Waals surface area contributed by atoms with Crippen LogP contribution in [0.4, 0.5) is 4.39 Å². The van der Waals surface area contributed by atoms with E-state index >= 15 is 0 Å². The number of amides is 1. The number of benzene rings is 1. The Hall–Kier alpha value is -2.28. The molecule has 2 heterocycles. The zero-order valence-electron chi connectivity index (χ0n) is 13.8. The Morgan fingerprint density at radius 3 is 2.92 bits per heavy atom. The number of carbonyl (C=O) groups is 2. The fourth-order valence-electron chi connectivity index (χ4n) is 3.17. The normalized spacial score (nSPS) is 20.5. The molecule has 7 heteroatoms. The lowest BCUT2D eigenvalue weighted by molar-refractivity contribution is -0.143. The molecule has 1 amide bonds. The second-order valence-electron chi connectivity index (χ2n) is 6.52. The molecule has 1 aliphatic rings. The minimum atomic E-state index is -0.866. The lowest BCUT2D eigenvalue weighted by atomic mass is 9.90. The van der Waals surface area contributed by atoms with Crippen molar-refractivity contribution in [2.24, 2.45) is 11.8 Å². The minimum Gasteiger partial charge on any atom is -0.481 e. The van der Waals surface area contributed by atoms with Crippen LogP contribution in [-0.4, -0.2) is 40.0 Å². The van der Waals surface area contributed by atoms with Crippen LogP contribution in [0.15, 0.2) is 29.6 Å². The predicted molar refractivity (Wildman–Crippen MR) is 92.1 cm³/mol. The summed E-state index contributed by atoms with van der Waals surface area (Å²) in [5.74, 6) is -1.79. The molecular weight excluding hydrogens is 343 g/mol. The third-order valence-electron chi connectivity index (χ3n) is 4.31. The second-order valence-corrected chi connectivity index (χ2v) is 7.46. The van der Waals surface area contributed by atoms with Gasteiger partial charge in [0.15, 0.2) is 0 Å². The van der Waals surface area contributed by atoms with E-state index in [1.54, 1.807) is 16.3 Å². The third kappa shape index (κ3) is 4.22. The zero-order valence-corrected chi connectivity index (χ0v) is 14.6. The van der Waals surface area contributed by atoms with Gasteiger partial charge in [-0.25, -0.2) is 9.37 Å². The number of carbonyl (C=O) groups excluding carboxylic acids is 1. The van der Waals surface area contributed by atoms with Crippen LogP contribution in [0.25, 0.3) is 0 Å². The van der Waals surface area contributed by atoms with Gasteiger partial charge in [0.2, 0.25) is 0 Å². The molecule has 5 nitrogen and oxygen atoms in total. The summed E-state index contributed by atoms with van der Waals surface area (Å²) in [6.45, 7) is 2.71. The van der Waals surface area contributed by atoms with Crippen LogP contribution in [0, 0.1) is 17.7 Å². The molecule has 0 aliphatic carbocycles. The van der Waals surface area contributed by atoms with Gasteiger partial charge in [0.05, 0.1) is 10.9 Å². The number of carboxylic acid groups (broad SMARTS) is 1. The molecule has 0 saturated carbocycles. The Morgan fingerprint density at radius 2 is 2.20 bits per heavy atom. The number of halogens is 1. The molecule has 0 bridgehead atoms. The molecule has 132 valence electrons. The molecular formula is C18H19FN2O3S. The molecule has 1 aromatic carbocycles. The maximum atomic E-state index is 13.3. The largest absolute Gasteiger partial charge is 0.481 e. The van der Waals surface area contributed by atoms with Crippen molar-refractivity contribution in [3.05, 3.63) is 51.7 Å². The van der Waals surface area contributed by atoms with E-state index in [1.807, 2.05) is 13.0 Å². The maximum Gasteiger partial charge on any atom is 0.308 e. The Kier molecular flexibility index (Phi) is 5.13. The van der Waals surface area contributed by atoms with E-state index in [1.165, 1.54) is 23.5 Å². The highest BCUT2D eigenvalue weighted by atomic mass is 32.1. The van der Waals surface area contributed by atoms with Gasteiger partial charge in [-0.3, -0.25) is 9.59 Å². The number of carboxylic acids is 1. The monoisotopic (exact) mass is 362 g/mol. The quantitative estimate of drug-likeness (QED) is 0.907. The van der Waals surface area contributed by atoms with E-state index in [-0.39, 0.29) is 24.2 Å². The Morgan fingerprint density at radius 1 is 1.40 bits per heavy atom. The summed E-state index contributed by atoms with van der Waals surface area (Å²) in [5.41, 5.74) is 1.13. The Labute approximate surface area is 149 Å². The molecule has 1 N–H and O–H groups in total. The van der Waals surface area contributed by atoms with Crippen LogP contribution < -0.4 is 0 Å². The Bertz CT molecular complexity index is 792. The van der Waals surface area contributed by atoms with Gasteiger partial charge < -0.3 is 10.0 Å². The van der Waals surface area contributed by atoms with Crippen LogP contribution >= 0.6 is 11.3 Å². The van der Waals surface area contributed by atoms with Crippen molar-refractivity contribution in [1.82, 2.24) is 9.88 Å². The number of rotatable bonds is 4. The fourth-order valence-corrected chi connectivity index (χ4v) is 3.97. The number of hydrogen-bond donors (Lipinski definition) is 1. The molecule has 2 atom stereocenters. The molecule has 1 aliphatic heterocycles. The maximum absolute atomic E-state index is 13.3. The topological polar surface area (TPSA) is 70.5 Å². The van der Waals surface area contributed by atoms with Crippen molar-refractivity contribution in [3.63, 3.8) is 0 Å². The van der Waals surface area contributed by atoms with Crippen LogP contribution in [-0.2, 0) is 11.2 Å².